The first-order valence-corrected chi connectivity index (χ1v) is 6.96. The highest BCUT2D eigenvalue weighted by molar-refractivity contribution is 5.97. The number of hydrogen-bond donors (Lipinski definition) is 3. The van der Waals surface area contributed by atoms with Crippen molar-refractivity contribution in [2.45, 2.75) is 32.7 Å². The summed E-state index contributed by atoms with van der Waals surface area (Å²) in [7, 11) is 1.35. The summed E-state index contributed by atoms with van der Waals surface area (Å²) < 4.78 is 4.84. The summed E-state index contributed by atoms with van der Waals surface area (Å²) in [4.78, 5) is 37.9. The number of pyridine rings is 1. The average molecular weight is 310 g/mol. The number of aromatic amines is 1. The minimum Gasteiger partial charge on any atom is -0.479 e. The smallest absolute Gasteiger partial charge is 0.331 e. The van der Waals surface area contributed by atoms with Crippen molar-refractivity contribution >= 4 is 11.9 Å². The van der Waals surface area contributed by atoms with Crippen molar-refractivity contribution in [3.63, 3.8) is 0 Å². The SMILES string of the molecule is COCC(C)(NC(=O)c1cc(CC(C)C)[nH]c(=O)c1)C(=O)O. The number of amides is 1. The Labute approximate surface area is 128 Å². The van der Waals surface area contributed by atoms with E-state index in [1.54, 1.807) is 6.07 Å². The molecule has 7 heteroatoms. The molecule has 7 nitrogen and oxygen atoms in total. The molecule has 0 bridgehead atoms. The molecule has 0 aliphatic heterocycles. The van der Waals surface area contributed by atoms with Crippen LogP contribution in [0.4, 0.5) is 0 Å². The molecule has 0 spiro atoms. The minimum atomic E-state index is -1.56. The summed E-state index contributed by atoms with van der Waals surface area (Å²) in [5.74, 6) is -1.53. The van der Waals surface area contributed by atoms with E-state index in [1.807, 2.05) is 13.8 Å². The van der Waals surface area contributed by atoms with Crippen molar-refractivity contribution in [2.24, 2.45) is 5.92 Å². The van der Waals surface area contributed by atoms with Crippen molar-refractivity contribution in [1.29, 1.82) is 0 Å². The van der Waals surface area contributed by atoms with Crippen LogP contribution >= 0.6 is 0 Å². The summed E-state index contributed by atoms with van der Waals surface area (Å²) in [5.41, 5.74) is -1.20. The van der Waals surface area contributed by atoms with Crippen molar-refractivity contribution < 1.29 is 19.4 Å². The molecule has 0 saturated heterocycles. The summed E-state index contributed by atoms with van der Waals surface area (Å²) in [6.07, 6.45) is 0.616. The van der Waals surface area contributed by atoms with Gasteiger partial charge in [0.15, 0.2) is 5.54 Å². The molecule has 1 atom stereocenters. The number of H-pyrrole nitrogens is 1. The second kappa shape index (κ2) is 7.22. The van der Waals surface area contributed by atoms with Crippen LogP contribution in [0.15, 0.2) is 16.9 Å². The maximum Gasteiger partial charge on any atom is 0.331 e. The third kappa shape index (κ3) is 4.70. The fourth-order valence-electron chi connectivity index (χ4n) is 2.04. The third-order valence-electron chi connectivity index (χ3n) is 3.08. The highest BCUT2D eigenvalue weighted by Crippen LogP contribution is 2.09. The normalized spacial score (nSPS) is 13.7. The van der Waals surface area contributed by atoms with E-state index < -0.39 is 23.0 Å². The van der Waals surface area contributed by atoms with Gasteiger partial charge in [-0.15, -0.1) is 0 Å². The zero-order chi connectivity index (χ0) is 16.9. The second-order valence-electron chi connectivity index (χ2n) is 5.88. The van der Waals surface area contributed by atoms with Gasteiger partial charge < -0.3 is 20.1 Å². The molecule has 1 aromatic heterocycles. The number of carbonyl (C=O) groups excluding carboxylic acids is 1. The molecule has 1 amide bonds. The molecule has 0 fully saturated rings. The van der Waals surface area contributed by atoms with Gasteiger partial charge in [0.05, 0.1) is 6.61 Å². The molecule has 1 heterocycles. The van der Waals surface area contributed by atoms with Crippen molar-refractivity contribution in [3.8, 4) is 0 Å². The average Bonchev–Trinajstić information content (AvgIpc) is 2.37. The minimum absolute atomic E-state index is 0.128. The van der Waals surface area contributed by atoms with Gasteiger partial charge in [-0.05, 0) is 25.3 Å². The zero-order valence-electron chi connectivity index (χ0n) is 13.2. The Morgan fingerprint density at radius 2 is 2.05 bits per heavy atom. The number of rotatable bonds is 7. The van der Waals surface area contributed by atoms with Crippen molar-refractivity contribution in [1.82, 2.24) is 10.3 Å². The van der Waals surface area contributed by atoms with Gasteiger partial charge in [0.25, 0.3) is 5.91 Å². The summed E-state index contributed by atoms with van der Waals surface area (Å²) >= 11 is 0. The van der Waals surface area contributed by atoms with Gasteiger partial charge >= 0.3 is 5.97 Å². The molecule has 0 aromatic carbocycles. The first kappa shape index (κ1) is 17.9. The van der Waals surface area contributed by atoms with Gasteiger partial charge in [0, 0.05) is 24.4 Å². The van der Waals surface area contributed by atoms with Gasteiger partial charge in [0.1, 0.15) is 0 Å². The Kier molecular flexibility index (Phi) is 5.87. The Bertz CT molecular complexity index is 608. The highest BCUT2D eigenvalue weighted by atomic mass is 16.5. The van der Waals surface area contributed by atoms with Gasteiger partial charge in [-0.1, -0.05) is 13.8 Å². The van der Waals surface area contributed by atoms with E-state index in [2.05, 4.69) is 10.3 Å². The fraction of sp³-hybridized carbons (Fsp3) is 0.533. The number of aliphatic carboxylic acids is 1. The van der Waals surface area contributed by atoms with Crippen LogP contribution in [0.1, 0.15) is 36.8 Å². The van der Waals surface area contributed by atoms with E-state index >= 15 is 0 Å². The van der Waals surface area contributed by atoms with E-state index in [4.69, 9.17) is 4.74 Å². The molecule has 1 unspecified atom stereocenters. The number of ether oxygens (including phenoxy) is 1. The van der Waals surface area contributed by atoms with Gasteiger partial charge in [0.2, 0.25) is 5.56 Å². The van der Waals surface area contributed by atoms with Crippen molar-refractivity contribution in [3.05, 3.63) is 33.7 Å². The molecular formula is C15H22N2O5. The van der Waals surface area contributed by atoms with Gasteiger partial charge in [-0.2, -0.15) is 0 Å². The number of carboxylic acids is 1. The number of methoxy groups -OCH3 is 1. The second-order valence-corrected chi connectivity index (χ2v) is 5.88. The molecule has 0 radical (unpaired) electrons. The lowest BCUT2D eigenvalue weighted by Crippen LogP contribution is -2.55. The number of carbonyl (C=O) groups is 2. The molecule has 0 aliphatic rings. The van der Waals surface area contributed by atoms with Crippen molar-refractivity contribution in [2.75, 3.05) is 13.7 Å². The Morgan fingerprint density at radius 3 is 2.55 bits per heavy atom. The highest BCUT2D eigenvalue weighted by Gasteiger charge is 2.35. The van der Waals surface area contributed by atoms with E-state index in [9.17, 15) is 19.5 Å². The van der Waals surface area contributed by atoms with Crippen LogP contribution in [0.25, 0.3) is 0 Å². The predicted molar refractivity (Wildman–Crippen MR) is 81.0 cm³/mol. The maximum atomic E-state index is 12.2. The van der Waals surface area contributed by atoms with E-state index in [0.717, 1.165) is 6.07 Å². The molecule has 122 valence electrons. The number of hydrogen-bond acceptors (Lipinski definition) is 4. The molecule has 22 heavy (non-hydrogen) atoms. The zero-order valence-corrected chi connectivity index (χ0v) is 13.2. The maximum absolute atomic E-state index is 12.2. The largest absolute Gasteiger partial charge is 0.479 e. The lowest BCUT2D eigenvalue weighted by Gasteiger charge is -2.25. The fourth-order valence-corrected chi connectivity index (χ4v) is 2.04. The van der Waals surface area contributed by atoms with Crippen LogP contribution < -0.4 is 10.9 Å². The molecule has 1 rings (SSSR count). The van der Waals surface area contributed by atoms with Crippen LogP contribution in [0, 0.1) is 5.92 Å². The van der Waals surface area contributed by atoms with Gasteiger partial charge in [-0.3, -0.25) is 9.59 Å². The molecular weight excluding hydrogens is 288 g/mol. The van der Waals surface area contributed by atoms with Crippen LogP contribution in [0.3, 0.4) is 0 Å². The molecule has 0 saturated carbocycles. The number of carboxylic acid groups (broad SMARTS) is 1. The monoisotopic (exact) mass is 310 g/mol. The van der Waals surface area contributed by atoms with E-state index in [-0.39, 0.29) is 12.2 Å². The van der Waals surface area contributed by atoms with Crippen LogP contribution in [0.2, 0.25) is 0 Å². The summed E-state index contributed by atoms with van der Waals surface area (Å²) in [5, 5.41) is 11.6. The van der Waals surface area contributed by atoms with E-state index in [1.165, 1.54) is 14.0 Å². The third-order valence-corrected chi connectivity index (χ3v) is 3.08. The molecule has 0 aliphatic carbocycles. The quantitative estimate of drug-likeness (QED) is 0.690. The number of aromatic nitrogens is 1. The molecule has 1 aromatic rings. The van der Waals surface area contributed by atoms with Gasteiger partial charge in [-0.25, -0.2) is 4.79 Å². The van der Waals surface area contributed by atoms with E-state index in [0.29, 0.717) is 18.0 Å². The lowest BCUT2D eigenvalue weighted by atomic mass is 10.0. The van der Waals surface area contributed by atoms with Crippen LogP contribution in [-0.4, -0.2) is 41.2 Å². The first-order chi connectivity index (χ1) is 10.2. The first-order valence-electron chi connectivity index (χ1n) is 6.96. The number of nitrogens with one attached hydrogen (secondary N) is 2. The summed E-state index contributed by atoms with van der Waals surface area (Å²) in [6.45, 7) is 5.14. The molecule has 3 N–H and O–H groups in total. The Morgan fingerprint density at radius 1 is 1.41 bits per heavy atom. The standard InChI is InChI=1S/C15H22N2O5/c1-9(2)5-11-6-10(7-12(18)16-11)13(19)17-15(3,8-22-4)14(20)21/h6-7,9H,5,8H2,1-4H3,(H,16,18)(H,17,19)(H,20,21). The Balaban J connectivity index is 3.04. The topological polar surface area (TPSA) is 108 Å². The van der Waals surface area contributed by atoms with Crippen LogP contribution in [-0.2, 0) is 16.0 Å². The van der Waals surface area contributed by atoms with Crippen LogP contribution in [0.5, 0.6) is 0 Å². The summed E-state index contributed by atoms with van der Waals surface area (Å²) in [6, 6.07) is 2.71. The predicted octanol–water partition coefficient (Wildman–Crippen LogP) is 0.793. The Hall–Kier alpha value is -2.15. The lowest BCUT2D eigenvalue weighted by molar-refractivity contribution is -0.145.